The first kappa shape index (κ1) is 23.5. The zero-order valence-corrected chi connectivity index (χ0v) is 17.3. The molecule has 4 N–H and O–H groups in total. The Morgan fingerprint density at radius 2 is 1.77 bits per heavy atom. The molecule has 2 rings (SSSR count). The van der Waals surface area contributed by atoms with Crippen LogP contribution in [0.5, 0.6) is 0 Å². The van der Waals surface area contributed by atoms with Gasteiger partial charge in [0.1, 0.15) is 0 Å². The van der Waals surface area contributed by atoms with Crippen LogP contribution in [0.2, 0.25) is 0 Å². The van der Waals surface area contributed by atoms with E-state index < -0.39 is 17.2 Å². The van der Waals surface area contributed by atoms with Crippen LogP contribution in [0.25, 0.3) is 0 Å². The number of aliphatic carboxylic acids is 1. The number of aromatic nitrogens is 1. The van der Waals surface area contributed by atoms with Crippen molar-refractivity contribution in [3.05, 3.63) is 54.4 Å². The van der Waals surface area contributed by atoms with Crippen LogP contribution < -0.4 is 10.0 Å². The fourth-order valence-corrected chi connectivity index (χ4v) is 3.21. The second-order valence-electron chi connectivity index (χ2n) is 6.71. The third-order valence-corrected chi connectivity index (χ3v) is 4.63. The van der Waals surface area contributed by atoms with Crippen molar-refractivity contribution in [3.63, 3.8) is 0 Å². The number of carbonyl (C=O) groups is 2. The van der Waals surface area contributed by atoms with Crippen LogP contribution in [0.15, 0.2) is 48.7 Å². The summed E-state index contributed by atoms with van der Waals surface area (Å²) < 4.78 is 21.8. The molecule has 0 saturated heterocycles. The Morgan fingerprint density at radius 3 is 2.40 bits per heavy atom. The van der Waals surface area contributed by atoms with Gasteiger partial charge in [-0.1, -0.05) is 12.5 Å². The van der Waals surface area contributed by atoms with Gasteiger partial charge in [-0.25, -0.2) is 4.21 Å². The van der Waals surface area contributed by atoms with Gasteiger partial charge in [-0.05, 0) is 55.8 Å². The van der Waals surface area contributed by atoms with Gasteiger partial charge in [0.2, 0.25) is 5.91 Å². The third-order valence-electron chi connectivity index (χ3n) is 4.22. The largest absolute Gasteiger partial charge is 0.480 e. The number of hydrogen-bond acceptors (Lipinski definition) is 5. The number of hydrogen-bond donors (Lipinski definition) is 4. The monoisotopic (exact) mass is 434 g/mol. The summed E-state index contributed by atoms with van der Waals surface area (Å²) in [6.45, 7) is 1.04. The van der Waals surface area contributed by atoms with Gasteiger partial charge in [0, 0.05) is 30.5 Å². The molecular weight excluding hydrogens is 408 g/mol. The zero-order valence-electron chi connectivity index (χ0n) is 16.5. The molecule has 0 spiro atoms. The Labute approximate surface area is 177 Å². The van der Waals surface area contributed by atoms with E-state index in [0.29, 0.717) is 37.3 Å². The number of amides is 1. The molecular formula is C20H26N4O5S. The standard InChI is InChI=1S/C20H26N4O5S/c25-19(22-16-8-10-17(11-9-16)23-30(28)29)7-2-1-5-13-24(15-20(26)27)14-18-6-3-4-12-21-18/h3-4,6,8-12,23H,1-2,5,7,13-15H2,(H,22,25)(H,26,27)(H,28,29). The molecule has 0 aliphatic rings. The first-order valence-electron chi connectivity index (χ1n) is 9.54. The maximum Gasteiger partial charge on any atom is 0.317 e. The first-order valence-corrected chi connectivity index (χ1v) is 10.6. The lowest BCUT2D eigenvalue weighted by Gasteiger charge is -2.19. The van der Waals surface area contributed by atoms with Gasteiger partial charge in [-0.15, -0.1) is 0 Å². The second-order valence-corrected chi connectivity index (χ2v) is 7.42. The summed E-state index contributed by atoms with van der Waals surface area (Å²) in [5.74, 6) is -0.992. The quantitative estimate of drug-likeness (QED) is 0.281. The van der Waals surface area contributed by atoms with Gasteiger partial charge in [-0.2, -0.15) is 0 Å². The molecule has 30 heavy (non-hydrogen) atoms. The van der Waals surface area contributed by atoms with E-state index >= 15 is 0 Å². The molecule has 0 fully saturated rings. The molecule has 162 valence electrons. The molecule has 2 aromatic rings. The molecule has 0 bridgehead atoms. The number of rotatable bonds is 13. The van der Waals surface area contributed by atoms with E-state index in [2.05, 4.69) is 15.0 Å². The summed E-state index contributed by atoms with van der Waals surface area (Å²) in [7, 11) is 0. The second kappa shape index (κ2) is 12.7. The van der Waals surface area contributed by atoms with Gasteiger partial charge in [0.05, 0.1) is 12.2 Å². The Hall–Kier alpha value is -2.82. The van der Waals surface area contributed by atoms with Crippen molar-refractivity contribution in [2.75, 3.05) is 23.1 Å². The summed E-state index contributed by atoms with van der Waals surface area (Å²) in [5, 5.41) is 11.9. The molecule has 0 saturated carbocycles. The molecule has 0 aliphatic carbocycles. The molecule has 1 amide bonds. The number of carboxylic acid groups (broad SMARTS) is 1. The van der Waals surface area contributed by atoms with Crippen molar-refractivity contribution in [3.8, 4) is 0 Å². The Bertz CT molecular complexity index is 833. The summed E-state index contributed by atoms with van der Waals surface area (Å²) >= 11 is -2.14. The summed E-state index contributed by atoms with van der Waals surface area (Å²) in [4.78, 5) is 29.2. The number of benzene rings is 1. The van der Waals surface area contributed by atoms with Crippen molar-refractivity contribution in [2.45, 2.75) is 32.2 Å². The highest BCUT2D eigenvalue weighted by Gasteiger charge is 2.11. The van der Waals surface area contributed by atoms with Gasteiger partial charge >= 0.3 is 5.97 Å². The summed E-state index contributed by atoms with van der Waals surface area (Å²) in [5.41, 5.74) is 1.91. The van der Waals surface area contributed by atoms with Crippen LogP contribution in [-0.2, 0) is 27.4 Å². The number of pyridine rings is 1. The molecule has 1 unspecified atom stereocenters. The van der Waals surface area contributed by atoms with E-state index in [4.69, 9.17) is 9.66 Å². The highest BCUT2D eigenvalue weighted by atomic mass is 32.2. The van der Waals surface area contributed by atoms with E-state index in [-0.39, 0.29) is 12.5 Å². The van der Waals surface area contributed by atoms with Crippen molar-refractivity contribution in [1.82, 2.24) is 9.88 Å². The lowest BCUT2D eigenvalue weighted by molar-refractivity contribution is -0.138. The molecule has 10 heteroatoms. The molecule has 1 aromatic heterocycles. The highest BCUT2D eigenvalue weighted by molar-refractivity contribution is 7.80. The average molecular weight is 435 g/mol. The van der Waals surface area contributed by atoms with Crippen molar-refractivity contribution in [1.29, 1.82) is 0 Å². The molecule has 0 radical (unpaired) electrons. The molecule has 0 aliphatic heterocycles. The number of carboxylic acids is 1. The van der Waals surface area contributed by atoms with Gasteiger partial charge < -0.3 is 10.4 Å². The molecule has 1 aromatic carbocycles. The maximum atomic E-state index is 12.0. The molecule has 9 nitrogen and oxygen atoms in total. The summed E-state index contributed by atoms with van der Waals surface area (Å²) in [6, 6.07) is 12.1. The van der Waals surface area contributed by atoms with Crippen molar-refractivity contribution >= 4 is 34.5 Å². The van der Waals surface area contributed by atoms with E-state index in [1.807, 2.05) is 23.1 Å². The van der Waals surface area contributed by atoms with Crippen LogP contribution in [0, 0.1) is 0 Å². The minimum absolute atomic E-state index is 0.0498. The van der Waals surface area contributed by atoms with Crippen LogP contribution in [-0.4, -0.2) is 48.7 Å². The Kier molecular flexibility index (Phi) is 9.92. The van der Waals surface area contributed by atoms with E-state index in [1.54, 1.807) is 30.5 Å². The smallest absolute Gasteiger partial charge is 0.317 e. The Balaban J connectivity index is 1.67. The van der Waals surface area contributed by atoms with Crippen molar-refractivity contribution < 1.29 is 23.5 Å². The lowest BCUT2D eigenvalue weighted by atomic mass is 10.1. The van der Waals surface area contributed by atoms with Crippen LogP contribution in [0.1, 0.15) is 31.4 Å². The number of carbonyl (C=O) groups excluding carboxylic acids is 1. The van der Waals surface area contributed by atoms with Gasteiger partial charge in [0.15, 0.2) is 0 Å². The normalized spacial score (nSPS) is 11.8. The summed E-state index contributed by atoms with van der Waals surface area (Å²) in [6.07, 6.45) is 4.33. The Morgan fingerprint density at radius 1 is 1.03 bits per heavy atom. The predicted molar refractivity (Wildman–Crippen MR) is 115 cm³/mol. The lowest BCUT2D eigenvalue weighted by Crippen LogP contribution is -2.30. The van der Waals surface area contributed by atoms with E-state index in [1.165, 1.54) is 0 Å². The first-order chi connectivity index (χ1) is 14.4. The average Bonchev–Trinajstić information content (AvgIpc) is 2.69. The fraction of sp³-hybridized carbons (Fsp3) is 0.350. The fourth-order valence-electron chi connectivity index (χ4n) is 2.87. The number of nitrogens with zero attached hydrogens (tertiary/aromatic N) is 2. The third kappa shape index (κ3) is 9.59. The van der Waals surface area contributed by atoms with Gasteiger partial charge in [0.25, 0.3) is 11.3 Å². The van der Waals surface area contributed by atoms with Crippen LogP contribution in [0.3, 0.4) is 0 Å². The number of anilines is 2. The van der Waals surface area contributed by atoms with Crippen LogP contribution >= 0.6 is 0 Å². The highest BCUT2D eigenvalue weighted by Crippen LogP contribution is 2.14. The number of nitrogens with one attached hydrogen (secondary N) is 2. The van der Waals surface area contributed by atoms with Gasteiger partial charge in [-0.3, -0.25) is 28.7 Å². The van der Waals surface area contributed by atoms with Crippen molar-refractivity contribution in [2.24, 2.45) is 0 Å². The van der Waals surface area contributed by atoms with Crippen LogP contribution in [0.4, 0.5) is 11.4 Å². The predicted octanol–water partition coefficient (Wildman–Crippen LogP) is 2.72. The SMILES string of the molecule is O=C(O)CN(CCCCCC(=O)Nc1ccc(NS(=O)O)cc1)Cc1ccccn1. The van der Waals surface area contributed by atoms with E-state index in [0.717, 1.165) is 18.5 Å². The minimum atomic E-state index is -2.14. The molecule has 1 atom stereocenters. The number of unbranched alkanes of at least 4 members (excludes halogenated alkanes) is 2. The zero-order chi connectivity index (χ0) is 21.8. The maximum absolute atomic E-state index is 12.0. The van der Waals surface area contributed by atoms with E-state index in [9.17, 15) is 13.8 Å². The minimum Gasteiger partial charge on any atom is -0.480 e. The molecule has 1 heterocycles. The topological polar surface area (TPSA) is 132 Å².